The molecule has 0 aromatic carbocycles. The average Bonchev–Trinajstić information content (AvgIpc) is 2.64. The third-order valence-electron chi connectivity index (χ3n) is 1.94. The first-order valence-electron chi connectivity index (χ1n) is 4.56. The van der Waals surface area contributed by atoms with Crippen LogP contribution in [0.2, 0.25) is 0 Å². The van der Waals surface area contributed by atoms with Gasteiger partial charge in [-0.15, -0.1) is 0 Å². The van der Waals surface area contributed by atoms with Gasteiger partial charge in [0.2, 0.25) is 0 Å². The van der Waals surface area contributed by atoms with Crippen molar-refractivity contribution in [2.24, 2.45) is 0 Å². The smallest absolute Gasteiger partial charge is 0.272 e. The van der Waals surface area contributed by atoms with Gasteiger partial charge in [-0.1, -0.05) is 6.92 Å². The van der Waals surface area contributed by atoms with Crippen LogP contribution >= 0.6 is 15.9 Å². The number of hydrogen-bond acceptors (Lipinski definition) is 3. The second-order valence-electron chi connectivity index (χ2n) is 3.04. The Bertz CT molecular complexity index is 382. The standard InChI is InChI=1S/C9H11BrN4O/c1-2-6(3-4-11)12-9(15)7-5-8(10)14-13-7/h5-6H,2-3H2,1H3,(H,12,15)(H,13,14)/t6-/m0/s1. The van der Waals surface area contributed by atoms with Crippen molar-refractivity contribution in [2.45, 2.75) is 25.8 Å². The Kier molecular flexibility index (Phi) is 4.31. The van der Waals surface area contributed by atoms with E-state index in [4.69, 9.17) is 5.26 Å². The largest absolute Gasteiger partial charge is 0.347 e. The van der Waals surface area contributed by atoms with Crippen LogP contribution in [0.5, 0.6) is 0 Å². The van der Waals surface area contributed by atoms with Crippen LogP contribution in [0.4, 0.5) is 0 Å². The van der Waals surface area contributed by atoms with E-state index < -0.39 is 0 Å². The molecule has 6 heteroatoms. The quantitative estimate of drug-likeness (QED) is 0.872. The van der Waals surface area contributed by atoms with Gasteiger partial charge in [0.1, 0.15) is 4.60 Å². The average molecular weight is 271 g/mol. The fraction of sp³-hybridized carbons (Fsp3) is 0.444. The van der Waals surface area contributed by atoms with Crippen LogP contribution in [0.3, 0.4) is 0 Å². The summed E-state index contributed by atoms with van der Waals surface area (Å²) in [5, 5.41) is 17.7. The molecule has 2 N–H and O–H groups in total. The molecule has 0 aliphatic heterocycles. The van der Waals surface area contributed by atoms with E-state index in [0.717, 1.165) is 6.42 Å². The van der Waals surface area contributed by atoms with Gasteiger partial charge in [-0.2, -0.15) is 10.4 Å². The fourth-order valence-corrected chi connectivity index (χ4v) is 1.39. The third kappa shape index (κ3) is 3.36. The number of nitriles is 1. The molecule has 1 heterocycles. The number of nitrogens with one attached hydrogen (secondary N) is 2. The van der Waals surface area contributed by atoms with Crippen LogP contribution in [0.15, 0.2) is 10.7 Å². The first-order chi connectivity index (χ1) is 7.17. The zero-order valence-corrected chi connectivity index (χ0v) is 9.84. The predicted molar refractivity (Wildman–Crippen MR) is 58.1 cm³/mol. The van der Waals surface area contributed by atoms with E-state index in [1.54, 1.807) is 6.07 Å². The molecular weight excluding hydrogens is 260 g/mol. The lowest BCUT2D eigenvalue weighted by Gasteiger charge is -2.11. The number of aromatic nitrogens is 2. The minimum atomic E-state index is -0.265. The maximum atomic E-state index is 11.6. The molecule has 0 unspecified atom stereocenters. The number of aromatic amines is 1. The van der Waals surface area contributed by atoms with Crippen molar-refractivity contribution in [1.29, 1.82) is 5.26 Å². The molecule has 0 saturated carbocycles. The van der Waals surface area contributed by atoms with Crippen LogP contribution in [-0.4, -0.2) is 22.1 Å². The minimum absolute atomic E-state index is 0.113. The summed E-state index contributed by atoms with van der Waals surface area (Å²) >= 11 is 3.16. The molecule has 80 valence electrons. The Morgan fingerprint density at radius 3 is 3.07 bits per heavy atom. The summed E-state index contributed by atoms with van der Waals surface area (Å²) in [5.74, 6) is -0.265. The molecule has 1 aromatic rings. The number of carbonyl (C=O) groups is 1. The van der Waals surface area contributed by atoms with E-state index in [9.17, 15) is 4.79 Å². The highest BCUT2D eigenvalue weighted by atomic mass is 79.9. The lowest BCUT2D eigenvalue weighted by molar-refractivity contribution is 0.0931. The molecule has 0 fully saturated rings. The number of carbonyl (C=O) groups excluding carboxylic acids is 1. The van der Waals surface area contributed by atoms with E-state index in [1.807, 2.05) is 13.0 Å². The monoisotopic (exact) mass is 270 g/mol. The van der Waals surface area contributed by atoms with Crippen molar-refractivity contribution in [3.8, 4) is 6.07 Å². The molecule has 1 rings (SSSR count). The van der Waals surface area contributed by atoms with Crippen LogP contribution < -0.4 is 5.32 Å². The normalized spacial score (nSPS) is 11.8. The number of hydrogen-bond donors (Lipinski definition) is 2. The molecule has 15 heavy (non-hydrogen) atoms. The van der Waals surface area contributed by atoms with E-state index in [0.29, 0.717) is 16.7 Å². The maximum Gasteiger partial charge on any atom is 0.272 e. The second kappa shape index (κ2) is 5.51. The van der Waals surface area contributed by atoms with E-state index >= 15 is 0 Å². The fourth-order valence-electron chi connectivity index (χ4n) is 1.08. The van der Waals surface area contributed by atoms with Crippen LogP contribution in [0.1, 0.15) is 30.3 Å². The second-order valence-corrected chi connectivity index (χ2v) is 3.90. The molecule has 1 aromatic heterocycles. The Hall–Kier alpha value is -1.35. The molecular formula is C9H11BrN4O. The van der Waals surface area contributed by atoms with Gasteiger partial charge in [-0.3, -0.25) is 9.89 Å². The van der Waals surface area contributed by atoms with E-state index in [-0.39, 0.29) is 11.9 Å². The number of H-pyrrole nitrogens is 1. The van der Waals surface area contributed by atoms with Crippen LogP contribution in [0.25, 0.3) is 0 Å². The Balaban J connectivity index is 2.59. The highest BCUT2D eigenvalue weighted by Gasteiger charge is 2.14. The van der Waals surface area contributed by atoms with Crippen molar-refractivity contribution in [3.63, 3.8) is 0 Å². The van der Waals surface area contributed by atoms with Gasteiger partial charge in [0.25, 0.3) is 5.91 Å². The van der Waals surface area contributed by atoms with Gasteiger partial charge in [0.05, 0.1) is 12.5 Å². The molecule has 1 amide bonds. The number of halogens is 1. The zero-order valence-electron chi connectivity index (χ0n) is 8.25. The number of nitrogens with zero attached hydrogens (tertiary/aromatic N) is 2. The SMILES string of the molecule is CC[C@@H](CC#N)NC(=O)c1cc(Br)[nH]n1. The van der Waals surface area contributed by atoms with E-state index in [1.165, 1.54) is 0 Å². The Morgan fingerprint density at radius 2 is 2.60 bits per heavy atom. The van der Waals surface area contributed by atoms with Gasteiger partial charge in [-0.25, -0.2) is 0 Å². The Morgan fingerprint density at radius 1 is 1.87 bits per heavy atom. The van der Waals surface area contributed by atoms with Crippen LogP contribution in [0, 0.1) is 11.3 Å². The highest BCUT2D eigenvalue weighted by molar-refractivity contribution is 9.10. The molecule has 0 aliphatic rings. The molecule has 0 radical (unpaired) electrons. The van der Waals surface area contributed by atoms with Gasteiger partial charge < -0.3 is 5.32 Å². The minimum Gasteiger partial charge on any atom is -0.347 e. The molecule has 0 spiro atoms. The summed E-state index contributed by atoms with van der Waals surface area (Å²) < 4.78 is 0.654. The third-order valence-corrected chi connectivity index (χ3v) is 2.35. The zero-order chi connectivity index (χ0) is 11.3. The van der Waals surface area contributed by atoms with Gasteiger partial charge in [0, 0.05) is 12.1 Å². The van der Waals surface area contributed by atoms with Crippen molar-refractivity contribution < 1.29 is 4.79 Å². The lowest BCUT2D eigenvalue weighted by atomic mass is 10.1. The summed E-state index contributed by atoms with van der Waals surface area (Å²) in [6, 6.07) is 3.51. The van der Waals surface area contributed by atoms with Gasteiger partial charge in [-0.05, 0) is 22.4 Å². The predicted octanol–water partition coefficient (Wildman–Crippen LogP) is 1.59. The van der Waals surface area contributed by atoms with Crippen molar-refractivity contribution in [3.05, 3.63) is 16.4 Å². The molecule has 0 saturated heterocycles. The summed E-state index contributed by atoms with van der Waals surface area (Å²) in [5.41, 5.74) is 0.318. The summed E-state index contributed by atoms with van der Waals surface area (Å²) in [7, 11) is 0. The molecule has 0 aliphatic carbocycles. The van der Waals surface area contributed by atoms with E-state index in [2.05, 4.69) is 31.4 Å². The summed E-state index contributed by atoms with van der Waals surface area (Å²) in [6.07, 6.45) is 1.04. The maximum absolute atomic E-state index is 11.6. The van der Waals surface area contributed by atoms with Gasteiger partial charge in [0.15, 0.2) is 5.69 Å². The van der Waals surface area contributed by atoms with Crippen molar-refractivity contribution >= 4 is 21.8 Å². The van der Waals surface area contributed by atoms with Gasteiger partial charge >= 0.3 is 0 Å². The van der Waals surface area contributed by atoms with Crippen LogP contribution in [-0.2, 0) is 0 Å². The first-order valence-corrected chi connectivity index (χ1v) is 5.35. The molecule has 1 atom stereocenters. The summed E-state index contributed by atoms with van der Waals surface area (Å²) in [6.45, 7) is 1.92. The molecule has 5 nitrogen and oxygen atoms in total. The first kappa shape index (κ1) is 11.7. The number of amides is 1. The molecule has 0 bridgehead atoms. The van der Waals surface area contributed by atoms with Crippen molar-refractivity contribution in [1.82, 2.24) is 15.5 Å². The Labute approximate surface area is 96.0 Å². The number of rotatable bonds is 4. The highest BCUT2D eigenvalue weighted by Crippen LogP contribution is 2.07. The lowest BCUT2D eigenvalue weighted by Crippen LogP contribution is -2.34. The topological polar surface area (TPSA) is 81.6 Å². The summed E-state index contributed by atoms with van der Waals surface area (Å²) in [4.78, 5) is 11.6. The van der Waals surface area contributed by atoms with Crippen molar-refractivity contribution in [2.75, 3.05) is 0 Å².